The Morgan fingerprint density at radius 1 is 1.21 bits per heavy atom. The number of nitrogens with zero attached hydrogens (tertiary/aromatic N) is 2. The lowest BCUT2D eigenvalue weighted by molar-refractivity contribution is -0.384. The summed E-state index contributed by atoms with van der Waals surface area (Å²) in [4.78, 5) is 22.4. The largest absolute Gasteiger partial charge is 0.496 e. The van der Waals surface area contributed by atoms with Crippen LogP contribution < -0.4 is 10.2 Å². The summed E-state index contributed by atoms with van der Waals surface area (Å²) in [6.07, 6.45) is 1.34. The Kier molecular flexibility index (Phi) is 5.71. The van der Waals surface area contributed by atoms with Crippen molar-refractivity contribution in [3.05, 3.63) is 81.1 Å². The highest BCUT2D eigenvalue weighted by Gasteiger charge is 2.15. The van der Waals surface area contributed by atoms with E-state index in [1.54, 1.807) is 42.5 Å². The zero-order valence-corrected chi connectivity index (χ0v) is 15.3. The van der Waals surface area contributed by atoms with E-state index in [9.17, 15) is 14.9 Å². The van der Waals surface area contributed by atoms with Gasteiger partial charge in [0.15, 0.2) is 0 Å². The fourth-order valence-corrected chi connectivity index (χ4v) is 2.51. The lowest BCUT2D eigenvalue weighted by Crippen LogP contribution is -2.17. The van der Waals surface area contributed by atoms with E-state index in [2.05, 4.69) is 10.5 Å². The monoisotopic (exact) mass is 399 g/mol. The van der Waals surface area contributed by atoms with Crippen molar-refractivity contribution in [2.75, 3.05) is 7.11 Å². The average molecular weight is 400 g/mol. The number of benzene rings is 2. The second-order valence-corrected chi connectivity index (χ2v) is 5.99. The van der Waals surface area contributed by atoms with Gasteiger partial charge in [-0.1, -0.05) is 11.6 Å². The van der Waals surface area contributed by atoms with Crippen LogP contribution in [0.3, 0.4) is 0 Å². The number of nitro groups is 1. The van der Waals surface area contributed by atoms with Gasteiger partial charge < -0.3 is 9.15 Å². The van der Waals surface area contributed by atoms with E-state index in [1.807, 2.05) is 0 Å². The van der Waals surface area contributed by atoms with Crippen LogP contribution in [-0.2, 0) is 0 Å². The van der Waals surface area contributed by atoms with E-state index in [-0.39, 0.29) is 5.69 Å². The molecule has 142 valence electrons. The Morgan fingerprint density at radius 3 is 2.64 bits per heavy atom. The lowest BCUT2D eigenvalue weighted by Gasteiger charge is -2.05. The van der Waals surface area contributed by atoms with Gasteiger partial charge in [0, 0.05) is 16.7 Å². The van der Waals surface area contributed by atoms with Crippen molar-refractivity contribution in [1.29, 1.82) is 0 Å². The predicted molar refractivity (Wildman–Crippen MR) is 104 cm³/mol. The van der Waals surface area contributed by atoms with Crippen molar-refractivity contribution in [1.82, 2.24) is 5.43 Å². The topological polar surface area (TPSA) is 107 Å². The Balaban J connectivity index is 1.72. The van der Waals surface area contributed by atoms with Crippen molar-refractivity contribution in [2.45, 2.75) is 0 Å². The molecule has 3 aromatic rings. The highest BCUT2D eigenvalue weighted by Crippen LogP contribution is 2.34. The smallest absolute Gasteiger partial charge is 0.273 e. The molecule has 0 aliphatic carbocycles. The van der Waals surface area contributed by atoms with Crippen molar-refractivity contribution < 1.29 is 18.9 Å². The first-order valence-corrected chi connectivity index (χ1v) is 8.37. The van der Waals surface area contributed by atoms with Crippen LogP contribution >= 0.6 is 11.6 Å². The molecule has 0 saturated heterocycles. The highest BCUT2D eigenvalue weighted by molar-refractivity contribution is 6.30. The molecule has 0 atom stereocenters. The number of carbonyl (C=O) groups excluding carboxylic acids is 1. The maximum absolute atomic E-state index is 12.0. The Hall–Kier alpha value is -3.65. The average Bonchev–Trinajstić information content (AvgIpc) is 3.16. The van der Waals surface area contributed by atoms with Crippen LogP contribution in [-0.4, -0.2) is 24.2 Å². The van der Waals surface area contributed by atoms with Crippen LogP contribution in [0, 0.1) is 10.1 Å². The quantitative estimate of drug-likeness (QED) is 0.378. The number of carbonyl (C=O) groups is 1. The molecule has 0 bridgehead atoms. The molecule has 0 radical (unpaired) electrons. The van der Waals surface area contributed by atoms with Gasteiger partial charge in [-0.15, -0.1) is 0 Å². The minimum atomic E-state index is -0.504. The van der Waals surface area contributed by atoms with Crippen molar-refractivity contribution >= 4 is 29.4 Å². The van der Waals surface area contributed by atoms with Crippen molar-refractivity contribution in [3.8, 4) is 17.1 Å². The van der Waals surface area contributed by atoms with Crippen LogP contribution in [0.15, 0.2) is 64.1 Å². The SMILES string of the molecule is COc1cc([N+](=O)[O-])ccc1-c1ccc(/C=N\NC(=O)c2ccc(Cl)cc2)o1. The van der Waals surface area contributed by atoms with Gasteiger partial charge in [-0.2, -0.15) is 5.10 Å². The highest BCUT2D eigenvalue weighted by atomic mass is 35.5. The summed E-state index contributed by atoms with van der Waals surface area (Å²) in [7, 11) is 1.42. The number of non-ortho nitro benzene ring substituents is 1. The van der Waals surface area contributed by atoms with Crippen LogP contribution in [0.25, 0.3) is 11.3 Å². The molecule has 0 aliphatic heterocycles. The number of furan rings is 1. The molecule has 1 aromatic heterocycles. The molecule has 3 rings (SSSR count). The van der Waals surface area contributed by atoms with E-state index in [1.165, 1.54) is 25.5 Å². The van der Waals surface area contributed by atoms with Crippen molar-refractivity contribution in [2.24, 2.45) is 5.10 Å². The normalized spacial score (nSPS) is 10.8. The second-order valence-electron chi connectivity index (χ2n) is 5.55. The molecule has 0 saturated carbocycles. The number of hydrogen-bond donors (Lipinski definition) is 1. The van der Waals surface area contributed by atoms with Crippen molar-refractivity contribution in [3.63, 3.8) is 0 Å². The van der Waals surface area contributed by atoms with Gasteiger partial charge in [0.1, 0.15) is 17.3 Å². The summed E-state index contributed by atoms with van der Waals surface area (Å²) in [5, 5.41) is 15.3. The molecule has 1 N–H and O–H groups in total. The van der Waals surface area contributed by atoms with Crippen LogP contribution in [0.1, 0.15) is 16.1 Å². The third-order valence-corrected chi connectivity index (χ3v) is 4.00. The summed E-state index contributed by atoms with van der Waals surface area (Å²) in [6, 6.07) is 13.9. The van der Waals surface area contributed by atoms with Gasteiger partial charge in [0.2, 0.25) is 0 Å². The third-order valence-electron chi connectivity index (χ3n) is 3.75. The third kappa shape index (κ3) is 4.36. The number of nitro benzene ring substituents is 1. The zero-order chi connectivity index (χ0) is 20.1. The Labute approximate surface area is 164 Å². The van der Waals surface area contributed by atoms with E-state index in [0.29, 0.717) is 33.4 Å². The minimum Gasteiger partial charge on any atom is -0.496 e. The van der Waals surface area contributed by atoms with E-state index < -0.39 is 10.8 Å². The Bertz CT molecular complexity index is 1040. The first-order valence-electron chi connectivity index (χ1n) is 7.99. The van der Waals surface area contributed by atoms with Gasteiger partial charge in [0.05, 0.1) is 29.9 Å². The second kappa shape index (κ2) is 8.36. The maximum atomic E-state index is 12.0. The number of ether oxygens (including phenoxy) is 1. The number of methoxy groups -OCH3 is 1. The molecular weight excluding hydrogens is 386 g/mol. The molecule has 2 aromatic carbocycles. The maximum Gasteiger partial charge on any atom is 0.273 e. The van der Waals surface area contributed by atoms with E-state index in [4.69, 9.17) is 20.8 Å². The van der Waals surface area contributed by atoms with E-state index >= 15 is 0 Å². The molecule has 0 aliphatic rings. The molecule has 28 heavy (non-hydrogen) atoms. The number of halogens is 1. The molecule has 0 unspecified atom stereocenters. The molecular formula is C19H14ClN3O5. The number of hydrogen-bond acceptors (Lipinski definition) is 6. The summed E-state index contributed by atoms with van der Waals surface area (Å²) in [5.41, 5.74) is 3.27. The predicted octanol–water partition coefficient (Wildman–Crippen LogP) is 4.28. The van der Waals surface area contributed by atoms with Crippen LogP contribution in [0.2, 0.25) is 5.02 Å². The van der Waals surface area contributed by atoms with Crippen LogP contribution in [0.5, 0.6) is 5.75 Å². The minimum absolute atomic E-state index is 0.0844. The first-order chi connectivity index (χ1) is 13.5. The van der Waals surface area contributed by atoms with E-state index in [0.717, 1.165) is 0 Å². The van der Waals surface area contributed by atoms with Gasteiger partial charge in [-0.25, -0.2) is 5.43 Å². The summed E-state index contributed by atoms with van der Waals surface area (Å²) in [6.45, 7) is 0. The summed E-state index contributed by atoms with van der Waals surface area (Å²) < 4.78 is 10.9. The van der Waals surface area contributed by atoms with Gasteiger partial charge in [-0.05, 0) is 42.5 Å². The number of nitrogens with one attached hydrogen (secondary N) is 1. The molecule has 8 nitrogen and oxygen atoms in total. The molecule has 0 spiro atoms. The Morgan fingerprint density at radius 2 is 1.96 bits per heavy atom. The molecule has 1 amide bonds. The lowest BCUT2D eigenvalue weighted by atomic mass is 10.1. The summed E-state index contributed by atoms with van der Waals surface area (Å²) in [5.74, 6) is 0.740. The fraction of sp³-hybridized carbons (Fsp3) is 0.0526. The van der Waals surface area contributed by atoms with Gasteiger partial charge in [0.25, 0.3) is 11.6 Å². The van der Waals surface area contributed by atoms with Crippen LogP contribution in [0.4, 0.5) is 5.69 Å². The van der Waals surface area contributed by atoms with Gasteiger partial charge in [-0.3, -0.25) is 14.9 Å². The summed E-state index contributed by atoms with van der Waals surface area (Å²) >= 11 is 5.78. The van der Waals surface area contributed by atoms with Gasteiger partial charge >= 0.3 is 0 Å². The number of hydrazone groups is 1. The number of rotatable bonds is 6. The zero-order valence-electron chi connectivity index (χ0n) is 14.6. The fourth-order valence-electron chi connectivity index (χ4n) is 2.38. The molecule has 9 heteroatoms. The standard InChI is InChI=1S/C19H14ClN3O5/c1-27-18-10-14(23(25)26)6-8-16(18)17-9-7-15(28-17)11-21-22-19(24)12-2-4-13(20)5-3-12/h2-11H,1H3,(H,22,24)/b21-11-. The molecule has 1 heterocycles. The first kappa shape index (κ1) is 19.1. The number of amides is 1. The molecule has 0 fully saturated rings.